The van der Waals surface area contributed by atoms with Crippen molar-refractivity contribution in [1.29, 1.82) is 0 Å². The molecule has 0 spiro atoms. The predicted molar refractivity (Wildman–Crippen MR) is 78.9 cm³/mol. The van der Waals surface area contributed by atoms with Gasteiger partial charge in [0.1, 0.15) is 0 Å². The van der Waals surface area contributed by atoms with Crippen LogP contribution in [0.3, 0.4) is 0 Å². The smallest absolute Gasteiger partial charge is 0.320 e. The molecule has 0 N–H and O–H groups in total. The van der Waals surface area contributed by atoms with E-state index in [0.717, 1.165) is 19.5 Å². The van der Waals surface area contributed by atoms with Gasteiger partial charge < -0.3 is 4.74 Å². The molecule has 3 heteroatoms. The Kier molecular flexibility index (Phi) is 6.56. The molecule has 1 aliphatic carbocycles. The van der Waals surface area contributed by atoms with Crippen LogP contribution in [0.15, 0.2) is 11.6 Å². The fourth-order valence-electron chi connectivity index (χ4n) is 3.00. The summed E-state index contributed by atoms with van der Waals surface area (Å²) in [6.07, 6.45) is 3.45. The van der Waals surface area contributed by atoms with Crippen molar-refractivity contribution in [3.05, 3.63) is 11.6 Å². The lowest BCUT2D eigenvalue weighted by Crippen LogP contribution is -2.33. The van der Waals surface area contributed by atoms with Crippen LogP contribution in [-0.4, -0.2) is 37.1 Å². The number of allylic oxidation sites excluding steroid dienone is 2. The zero-order valence-corrected chi connectivity index (χ0v) is 13.1. The van der Waals surface area contributed by atoms with Crippen LogP contribution in [0.1, 0.15) is 41.0 Å². The Hall–Kier alpha value is -0.830. The number of carbonyl (C=O) groups excluding carboxylic acids is 1. The molecular formula is C16H29NO2. The summed E-state index contributed by atoms with van der Waals surface area (Å²) in [5.74, 6) is 1.48. The molecule has 0 aromatic heterocycles. The SMILES string of the molecule is CCN(CC)CC(=O)OC[C@@H]1[C@H](C)C=C(C)C[C@H]1C. The molecule has 3 atom stereocenters. The monoisotopic (exact) mass is 267 g/mol. The third kappa shape index (κ3) is 4.98. The Labute approximate surface area is 118 Å². The summed E-state index contributed by atoms with van der Waals surface area (Å²) in [4.78, 5) is 13.9. The molecule has 0 saturated carbocycles. The topological polar surface area (TPSA) is 29.5 Å². The third-order valence-corrected chi connectivity index (χ3v) is 4.28. The van der Waals surface area contributed by atoms with Crippen LogP contribution in [-0.2, 0) is 9.53 Å². The first kappa shape index (κ1) is 16.2. The summed E-state index contributed by atoms with van der Waals surface area (Å²) in [6, 6.07) is 0. The lowest BCUT2D eigenvalue weighted by Gasteiger charge is -2.32. The van der Waals surface area contributed by atoms with Crippen LogP contribution in [0.5, 0.6) is 0 Å². The van der Waals surface area contributed by atoms with Gasteiger partial charge in [0.2, 0.25) is 0 Å². The number of carbonyl (C=O) groups is 1. The Morgan fingerprint density at radius 2 is 2.00 bits per heavy atom. The first-order valence-electron chi connectivity index (χ1n) is 7.53. The quantitative estimate of drug-likeness (QED) is 0.547. The predicted octanol–water partition coefficient (Wildman–Crippen LogP) is 3.11. The summed E-state index contributed by atoms with van der Waals surface area (Å²) in [7, 11) is 0. The van der Waals surface area contributed by atoms with Crippen molar-refractivity contribution in [2.75, 3.05) is 26.2 Å². The van der Waals surface area contributed by atoms with Crippen LogP contribution in [0, 0.1) is 17.8 Å². The number of hydrogen-bond donors (Lipinski definition) is 0. The molecule has 0 radical (unpaired) electrons. The lowest BCUT2D eigenvalue weighted by molar-refractivity contribution is -0.147. The molecule has 0 bridgehead atoms. The van der Waals surface area contributed by atoms with Crippen molar-refractivity contribution < 1.29 is 9.53 Å². The van der Waals surface area contributed by atoms with E-state index in [1.807, 2.05) is 0 Å². The number of rotatable bonds is 6. The number of esters is 1. The molecule has 3 nitrogen and oxygen atoms in total. The highest BCUT2D eigenvalue weighted by Gasteiger charge is 2.27. The van der Waals surface area contributed by atoms with Gasteiger partial charge in [0, 0.05) is 5.92 Å². The van der Waals surface area contributed by atoms with Crippen molar-refractivity contribution in [3.63, 3.8) is 0 Å². The first-order chi connectivity index (χ1) is 8.97. The molecule has 110 valence electrons. The van der Waals surface area contributed by atoms with E-state index in [2.05, 4.69) is 45.6 Å². The summed E-state index contributed by atoms with van der Waals surface area (Å²) in [6.45, 7) is 13.6. The summed E-state index contributed by atoms with van der Waals surface area (Å²) >= 11 is 0. The standard InChI is InChI=1S/C16H29NO2/c1-6-17(7-2)10-16(18)19-11-15-13(4)8-12(3)9-14(15)5/h8,13-15H,6-7,9-11H2,1-5H3/t13-,14-,15-/m1/s1. The van der Waals surface area contributed by atoms with Crippen LogP contribution >= 0.6 is 0 Å². The van der Waals surface area contributed by atoms with E-state index in [1.54, 1.807) is 0 Å². The van der Waals surface area contributed by atoms with Gasteiger partial charge in [0.05, 0.1) is 13.2 Å². The third-order valence-electron chi connectivity index (χ3n) is 4.28. The molecule has 1 aliphatic rings. The van der Waals surface area contributed by atoms with Crippen LogP contribution in [0.25, 0.3) is 0 Å². The van der Waals surface area contributed by atoms with Crippen molar-refractivity contribution in [1.82, 2.24) is 4.90 Å². The average Bonchev–Trinajstić information content (AvgIpc) is 2.34. The van der Waals surface area contributed by atoms with Crippen molar-refractivity contribution >= 4 is 5.97 Å². The molecule has 0 aromatic rings. The largest absolute Gasteiger partial charge is 0.464 e. The van der Waals surface area contributed by atoms with Crippen LogP contribution in [0.4, 0.5) is 0 Å². The Bertz CT molecular complexity index is 321. The minimum Gasteiger partial charge on any atom is -0.464 e. The maximum absolute atomic E-state index is 11.8. The second kappa shape index (κ2) is 7.68. The van der Waals surface area contributed by atoms with Gasteiger partial charge in [0.25, 0.3) is 0 Å². The van der Waals surface area contributed by atoms with Gasteiger partial charge in [0.15, 0.2) is 0 Å². The molecule has 0 fully saturated rings. The first-order valence-corrected chi connectivity index (χ1v) is 7.53. The Balaban J connectivity index is 2.41. The van der Waals surface area contributed by atoms with E-state index in [4.69, 9.17) is 4.74 Å². The van der Waals surface area contributed by atoms with E-state index >= 15 is 0 Å². The molecule has 19 heavy (non-hydrogen) atoms. The summed E-state index contributed by atoms with van der Waals surface area (Å²) in [5.41, 5.74) is 1.46. The van der Waals surface area contributed by atoms with E-state index < -0.39 is 0 Å². The van der Waals surface area contributed by atoms with E-state index in [0.29, 0.717) is 30.9 Å². The number of likely N-dealkylation sites (N-methyl/N-ethyl adjacent to an activating group) is 1. The van der Waals surface area contributed by atoms with Crippen LogP contribution in [0.2, 0.25) is 0 Å². The Morgan fingerprint density at radius 1 is 1.37 bits per heavy atom. The molecule has 0 saturated heterocycles. The molecular weight excluding hydrogens is 238 g/mol. The summed E-state index contributed by atoms with van der Waals surface area (Å²) in [5, 5.41) is 0. The lowest BCUT2D eigenvalue weighted by atomic mass is 9.75. The fourth-order valence-corrected chi connectivity index (χ4v) is 3.00. The maximum Gasteiger partial charge on any atom is 0.320 e. The molecule has 0 aliphatic heterocycles. The van der Waals surface area contributed by atoms with E-state index in [9.17, 15) is 4.79 Å². The van der Waals surface area contributed by atoms with Gasteiger partial charge in [-0.1, -0.05) is 39.3 Å². The minimum absolute atomic E-state index is 0.0885. The summed E-state index contributed by atoms with van der Waals surface area (Å²) < 4.78 is 5.48. The maximum atomic E-state index is 11.8. The second-order valence-electron chi connectivity index (χ2n) is 5.86. The minimum atomic E-state index is -0.0885. The zero-order valence-electron chi connectivity index (χ0n) is 13.1. The van der Waals surface area contributed by atoms with Crippen molar-refractivity contribution in [2.45, 2.75) is 41.0 Å². The molecule has 0 aromatic carbocycles. The van der Waals surface area contributed by atoms with Crippen molar-refractivity contribution in [2.24, 2.45) is 17.8 Å². The zero-order chi connectivity index (χ0) is 14.4. The highest BCUT2D eigenvalue weighted by Crippen LogP contribution is 2.33. The molecule has 0 unspecified atom stereocenters. The van der Waals surface area contributed by atoms with Gasteiger partial charge in [-0.3, -0.25) is 9.69 Å². The Morgan fingerprint density at radius 3 is 2.53 bits per heavy atom. The molecule has 0 heterocycles. The van der Waals surface area contributed by atoms with Gasteiger partial charge >= 0.3 is 5.97 Å². The van der Waals surface area contributed by atoms with E-state index in [1.165, 1.54) is 5.57 Å². The van der Waals surface area contributed by atoms with Crippen molar-refractivity contribution in [3.8, 4) is 0 Å². The fraction of sp³-hybridized carbons (Fsp3) is 0.812. The highest BCUT2D eigenvalue weighted by atomic mass is 16.5. The van der Waals surface area contributed by atoms with Gasteiger partial charge in [-0.25, -0.2) is 0 Å². The molecule has 0 amide bonds. The number of ether oxygens (including phenoxy) is 1. The normalized spacial score (nSPS) is 27.3. The average molecular weight is 267 g/mol. The number of hydrogen-bond acceptors (Lipinski definition) is 3. The second-order valence-corrected chi connectivity index (χ2v) is 5.86. The molecule has 1 rings (SSSR count). The van der Waals surface area contributed by atoms with Crippen LogP contribution < -0.4 is 0 Å². The van der Waals surface area contributed by atoms with Gasteiger partial charge in [-0.15, -0.1) is 0 Å². The number of nitrogens with zero attached hydrogens (tertiary/aromatic N) is 1. The van der Waals surface area contributed by atoms with Gasteiger partial charge in [-0.05, 0) is 38.3 Å². The highest BCUT2D eigenvalue weighted by molar-refractivity contribution is 5.71. The van der Waals surface area contributed by atoms with E-state index in [-0.39, 0.29) is 5.97 Å². The van der Waals surface area contributed by atoms with Gasteiger partial charge in [-0.2, -0.15) is 0 Å².